The van der Waals surface area contributed by atoms with E-state index in [1.807, 2.05) is 0 Å². The lowest BCUT2D eigenvalue weighted by atomic mass is 10.3. The Morgan fingerprint density at radius 3 is 3.00 bits per heavy atom. The van der Waals surface area contributed by atoms with E-state index in [2.05, 4.69) is 37.9 Å². The molecule has 1 rings (SSSR count). The van der Waals surface area contributed by atoms with Crippen LogP contribution in [0.25, 0.3) is 0 Å². The standard InChI is InChI=1S/C7H7IN2O2/c1-12-10-7(11)5-2-6(8)4-9-3-5/h2-4H,1H3,(H,10,11). The highest BCUT2D eigenvalue weighted by molar-refractivity contribution is 14.1. The lowest BCUT2D eigenvalue weighted by Crippen LogP contribution is -2.21. The van der Waals surface area contributed by atoms with Crippen LogP contribution in [-0.2, 0) is 4.84 Å². The van der Waals surface area contributed by atoms with Crippen molar-refractivity contribution in [1.29, 1.82) is 0 Å². The van der Waals surface area contributed by atoms with Crippen LogP contribution in [0.3, 0.4) is 0 Å². The molecule has 0 saturated heterocycles. The molecule has 1 heterocycles. The Bertz CT molecular complexity index is 290. The Morgan fingerprint density at radius 1 is 1.67 bits per heavy atom. The number of nitrogens with one attached hydrogen (secondary N) is 1. The van der Waals surface area contributed by atoms with E-state index < -0.39 is 0 Å². The van der Waals surface area contributed by atoms with E-state index in [4.69, 9.17) is 0 Å². The minimum atomic E-state index is -0.288. The summed E-state index contributed by atoms with van der Waals surface area (Å²) in [5.41, 5.74) is 2.70. The lowest BCUT2D eigenvalue weighted by molar-refractivity contribution is 0.0537. The zero-order valence-electron chi connectivity index (χ0n) is 6.37. The number of hydrogen-bond donors (Lipinski definition) is 1. The van der Waals surface area contributed by atoms with E-state index in [9.17, 15) is 4.79 Å². The van der Waals surface area contributed by atoms with Gasteiger partial charge in [-0.1, -0.05) is 0 Å². The average molecular weight is 278 g/mol. The maximum atomic E-state index is 11.1. The molecule has 0 radical (unpaired) electrons. The molecule has 4 nitrogen and oxygen atoms in total. The Balaban J connectivity index is 2.81. The molecule has 1 amide bonds. The first-order chi connectivity index (χ1) is 5.74. The Labute approximate surface area is 83.4 Å². The molecule has 0 aliphatic rings. The first-order valence-corrected chi connectivity index (χ1v) is 4.26. The lowest BCUT2D eigenvalue weighted by Gasteiger charge is -2.00. The second-order valence-corrected chi connectivity index (χ2v) is 3.27. The van der Waals surface area contributed by atoms with Gasteiger partial charge < -0.3 is 0 Å². The maximum absolute atomic E-state index is 11.1. The first-order valence-electron chi connectivity index (χ1n) is 3.18. The number of amides is 1. The van der Waals surface area contributed by atoms with Gasteiger partial charge in [-0.15, -0.1) is 0 Å². The number of pyridine rings is 1. The number of aromatic nitrogens is 1. The van der Waals surface area contributed by atoms with Gasteiger partial charge in [0, 0.05) is 16.0 Å². The fraction of sp³-hybridized carbons (Fsp3) is 0.143. The second-order valence-electron chi connectivity index (χ2n) is 2.03. The Kier molecular flexibility index (Phi) is 3.42. The summed E-state index contributed by atoms with van der Waals surface area (Å²) in [6.07, 6.45) is 3.15. The number of nitrogens with zero attached hydrogens (tertiary/aromatic N) is 1. The second kappa shape index (κ2) is 4.36. The van der Waals surface area contributed by atoms with E-state index in [-0.39, 0.29) is 5.91 Å². The van der Waals surface area contributed by atoms with Crippen LogP contribution in [0.5, 0.6) is 0 Å². The summed E-state index contributed by atoms with van der Waals surface area (Å²) in [4.78, 5) is 19.4. The number of halogens is 1. The minimum absolute atomic E-state index is 0.288. The highest BCUT2D eigenvalue weighted by Crippen LogP contribution is 2.04. The third-order valence-electron chi connectivity index (χ3n) is 1.16. The van der Waals surface area contributed by atoms with Crippen molar-refractivity contribution < 1.29 is 9.63 Å². The fourth-order valence-electron chi connectivity index (χ4n) is 0.688. The molecule has 1 aromatic heterocycles. The smallest absolute Gasteiger partial charge is 0.276 e. The zero-order valence-corrected chi connectivity index (χ0v) is 8.53. The van der Waals surface area contributed by atoms with Gasteiger partial charge in [-0.05, 0) is 28.7 Å². The van der Waals surface area contributed by atoms with E-state index in [1.54, 1.807) is 12.3 Å². The molecule has 0 aliphatic heterocycles. The van der Waals surface area contributed by atoms with Crippen LogP contribution >= 0.6 is 22.6 Å². The zero-order chi connectivity index (χ0) is 8.97. The maximum Gasteiger partial charge on any atom is 0.276 e. The number of hydroxylamine groups is 1. The topological polar surface area (TPSA) is 51.2 Å². The Morgan fingerprint density at radius 2 is 2.42 bits per heavy atom. The van der Waals surface area contributed by atoms with Crippen molar-refractivity contribution in [2.24, 2.45) is 0 Å². The van der Waals surface area contributed by atoms with E-state index in [0.29, 0.717) is 5.56 Å². The molecule has 0 bridgehead atoms. The van der Waals surface area contributed by atoms with Crippen LogP contribution < -0.4 is 5.48 Å². The molecule has 64 valence electrons. The molecule has 0 atom stereocenters. The molecule has 0 aliphatic carbocycles. The van der Waals surface area contributed by atoms with Crippen LogP contribution in [0.1, 0.15) is 10.4 Å². The summed E-state index contributed by atoms with van der Waals surface area (Å²) >= 11 is 2.08. The quantitative estimate of drug-likeness (QED) is 0.648. The van der Waals surface area contributed by atoms with Crippen molar-refractivity contribution in [1.82, 2.24) is 10.5 Å². The molecule has 1 aromatic rings. The van der Waals surface area contributed by atoms with E-state index in [0.717, 1.165) is 3.57 Å². The number of hydrogen-bond acceptors (Lipinski definition) is 3. The van der Waals surface area contributed by atoms with Crippen LogP contribution in [0.4, 0.5) is 0 Å². The first kappa shape index (κ1) is 9.40. The summed E-state index contributed by atoms with van der Waals surface area (Å²) in [6.45, 7) is 0. The van der Waals surface area contributed by atoms with Crippen molar-refractivity contribution in [2.45, 2.75) is 0 Å². The van der Waals surface area contributed by atoms with Gasteiger partial charge in [0.2, 0.25) is 0 Å². The van der Waals surface area contributed by atoms with Crippen LogP contribution in [-0.4, -0.2) is 18.0 Å². The van der Waals surface area contributed by atoms with Crippen molar-refractivity contribution >= 4 is 28.5 Å². The highest BCUT2D eigenvalue weighted by Gasteiger charge is 2.04. The van der Waals surface area contributed by atoms with Gasteiger partial charge in [0.25, 0.3) is 5.91 Å². The summed E-state index contributed by atoms with van der Waals surface area (Å²) in [5, 5.41) is 0. The highest BCUT2D eigenvalue weighted by atomic mass is 127. The predicted molar refractivity (Wildman–Crippen MR) is 51.4 cm³/mol. The van der Waals surface area contributed by atoms with Gasteiger partial charge >= 0.3 is 0 Å². The average Bonchev–Trinajstić information content (AvgIpc) is 2.05. The fourth-order valence-corrected chi connectivity index (χ4v) is 1.18. The number of carbonyl (C=O) groups is 1. The Hall–Kier alpha value is -0.690. The monoisotopic (exact) mass is 278 g/mol. The van der Waals surface area contributed by atoms with Crippen molar-refractivity contribution in [3.05, 3.63) is 27.6 Å². The van der Waals surface area contributed by atoms with Gasteiger partial charge in [0.15, 0.2) is 0 Å². The van der Waals surface area contributed by atoms with E-state index in [1.165, 1.54) is 13.3 Å². The number of carbonyl (C=O) groups excluding carboxylic acids is 1. The minimum Gasteiger partial charge on any atom is -0.277 e. The molecule has 0 fully saturated rings. The molecule has 0 spiro atoms. The normalized spacial score (nSPS) is 9.50. The van der Waals surface area contributed by atoms with Crippen LogP contribution in [0.15, 0.2) is 18.5 Å². The molecule has 1 N–H and O–H groups in total. The van der Waals surface area contributed by atoms with Gasteiger partial charge in [-0.3, -0.25) is 14.6 Å². The summed E-state index contributed by atoms with van der Waals surface area (Å²) in [7, 11) is 1.39. The third-order valence-corrected chi connectivity index (χ3v) is 1.75. The summed E-state index contributed by atoms with van der Waals surface area (Å²) in [5.74, 6) is -0.288. The predicted octanol–water partition coefficient (Wildman–Crippen LogP) is 0.977. The van der Waals surface area contributed by atoms with Crippen molar-refractivity contribution in [2.75, 3.05) is 7.11 Å². The molecular formula is C7H7IN2O2. The largest absolute Gasteiger partial charge is 0.277 e. The molecule has 0 saturated carbocycles. The number of rotatable bonds is 2. The van der Waals surface area contributed by atoms with E-state index >= 15 is 0 Å². The molecule has 0 unspecified atom stereocenters. The third kappa shape index (κ3) is 2.42. The summed E-state index contributed by atoms with van der Waals surface area (Å²) in [6, 6.07) is 1.72. The molecule has 5 heteroatoms. The SMILES string of the molecule is CONC(=O)c1cncc(I)c1. The van der Waals surface area contributed by atoms with Gasteiger partial charge in [-0.25, -0.2) is 5.48 Å². The van der Waals surface area contributed by atoms with Crippen molar-refractivity contribution in [3.8, 4) is 0 Å². The van der Waals surface area contributed by atoms with Crippen LogP contribution in [0, 0.1) is 3.57 Å². The molecule has 12 heavy (non-hydrogen) atoms. The molecular weight excluding hydrogens is 271 g/mol. The van der Waals surface area contributed by atoms with Gasteiger partial charge in [0.05, 0.1) is 12.7 Å². The van der Waals surface area contributed by atoms with Crippen LogP contribution in [0.2, 0.25) is 0 Å². The van der Waals surface area contributed by atoms with Gasteiger partial charge in [0.1, 0.15) is 0 Å². The molecule has 0 aromatic carbocycles. The summed E-state index contributed by atoms with van der Waals surface area (Å²) < 4.78 is 0.913. The van der Waals surface area contributed by atoms with Gasteiger partial charge in [-0.2, -0.15) is 0 Å². The van der Waals surface area contributed by atoms with Crippen molar-refractivity contribution in [3.63, 3.8) is 0 Å².